The second-order valence-electron chi connectivity index (χ2n) is 7.87. The molecule has 12 heteroatoms. The Kier molecular flexibility index (Phi) is 6.33. The standard InChI is InChI=1S/C22H20F3N5O4/c1-14-17(6-3-7-18(14)30(32)33)21(31)29-10-8-28(9-11-29)13-19-26-20(27-34-19)15-4-2-5-16(12-15)22(23,24)25/h2-7,12H,8-11,13H2,1H3. The number of carbonyl (C=O) groups is 1. The van der Waals surface area contributed by atoms with E-state index in [1.165, 1.54) is 24.3 Å². The molecule has 4 rings (SSSR count). The Morgan fingerprint density at radius 3 is 2.53 bits per heavy atom. The van der Waals surface area contributed by atoms with Crippen LogP contribution < -0.4 is 0 Å². The van der Waals surface area contributed by atoms with Crippen molar-refractivity contribution >= 4 is 11.6 Å². The number of rotatable bonds is 5. The fourth-order valence-electron chi connectivity index (χ4n) is 3.79. The van der Waals surface area contributed by atoms with Crippen LogP contribution in [0.3, 0.4) is 0 Å². The van der Waals surface area contributed by atoms with E-state index in [1.54, 1.807) is 17.9 Å². The maximum Gasteiger partial charge on any atom is 0.416 e. The van der Waals surface area contributed by atoms with E-state index in [0.29, 0.717) is 37.3 Å². The maximum absolute atomic E-state index is 12.9. The lowest BCUT2D eigenvalue weighted by atomic mass is 10.1. The number of hydrogen-bond acceptors (Lipinski definition) is 7. The number of nitrogens with zero attached hydrogens (tertiary/aromatic N) is 5. The number of carbonyl (C=O) groups excluding carboxylic acids is 1. The van der Waals surface area contributed by atoms with Crippen LogP contribution in [0.25, 0.3) is 11.4 Å². The largest absolute Gasteiger partial charge is 0.416 e. The second kappa shape index (κ2) is 9.21. The predicted molar refractivity (Wildman–Crippen MR) is 114 cm³/mol. The van der Waals surface area contributed by atoms with Gasteiger partial charge in [0.15, 0.2) is 0 Å². The van der Waals surface area contributed by atoms with Gasteiger partial charge in [0.05, 0.1) is 17.0 Å². The Morgan fingerprint density at radius 2 is 1.85 bits per heavy atom. The molecule has 1 aliphatic heterocycles. The minimum absolute atomic E-state index is 0.0658. The summed E-state index contributed by atoms with van der Waals surface area (Å²) in [6.07, 6.45) is -4.47. The molecule has 0 saturated carbocycles. The number of piperazine rings is 1. The molecule has 0 spiro atoms. The van der Waals surface area contributed by atoms with Gasteiger partial charge in [0.2, 0.25) is 11.7 Å². The molecular weight excluding hydrogens is 455 g/mol. The van der Waals surface area contributed by atoms with Crippen LogP contribution in [0.5, 0.6) is 0 Å². The summed E-state index contributed by atoms with van der Waals surface area (Å²) < 4.78 is 44.0. The molecule has 1 fully saturated rings. The fraction of sp³-hybridized carbons (Fsp3) is 0.318. The van der Waals surface area contributed by atoms with Crippen LogP contribution in [0.4, 0.5) is 18.9 Å². The highest BCUT2D eigenvalue weighted by Gasteiger charge is 2.31. The van der Waals surface area contributed by atoms with Gasteiger partial charge in [-0.25, -0.2) is 0 Å². The number of alkyl halides is 3. The van der Waals surface area contributed by atoms with Gasteiger partial charge in [-0.15, -0.1) is 0 Å². The smallest absolute Gasteiger partial charge is 0.338 e. The molecule has 9 nitrogen and oxygen atoms in total. The highest BCUT2D eigenvalue weighted by atomic mass is 19.4. The Hall–Kier alpha value is -3.80. The second-order valence-corrected chi connectivity index (χ2v) is 7.87. The number of amides is 1. The van der Waals surface area contributed by atoms with Crippen LogP contribution in [0.2, 0.25) is 0 Å². The van der Waals surface area contributed by atoms with Crippen LogP contribution in [0, 0.1) is 17.0 Å². The van der Waals surface area contributed by atoms with Crippen LogP contribution in [-0.2, 0) is 12.7 Å². The Bertz CT molecular complexity index is 1220. The van der Waals surface area contributed by atoms with Gasteiger partial charge in [0.25, 0.3) is 11.6 Å². The van der Waals surface area contributed by atoms with E-state index in [4.69, 9.17) is 4.52 Å². The van der Waals surface area contributed by atoms with Gasteiger partial charge < -0.3 is 9.42 Å². The van der Waals surface area contributed by atoms with E-state index in [-0.39, 0.29) is 35.4 Å². The molecule has 0 atom stereocenters. The summed E-state index contributed by atoms with van der Waals surface area (Å²) in [4.78, 5) is 31.3. The molecule has 0 N–H and O–H groups in total. The van der Waals surface area contributed by atoms with Gasteiger partial charge >= 0.3 is 6.18 Å². The third-order valence-corrected chi connectivity index (χ3v) is 5.67. The predicted octanol–water partition coefficient (Wildman–Crippen LogP) is 3.93. The highest BCUT2D eigenvalue weighted by molar-refractivity contribution is 5.96. The van der Waals surface area contributed by atoms with Gasteiger partial charge in [-0.2, -0.15) is 18.2 Å². The van der Waals surface area contributed by atoms with Crippen molar-refractivity contribution in [3.05, 3.63) is 75.2 Å². The first-order chi connectivity index (χ1) is 16.1. The fourth-order valence-corrected chi connectivity index (χ4v) is 3.79. The molecule has 1 amide bonds. The molecule has 2 heterocycles. The van der Waals surface area contributed by atoms with Gasteiger partial charge in [0.1, 0.15) is 0 Å². The average Bonchev–Trinajstić information content (AvgIpc) is 3.27. The van der Waals surface area contributed by atoms with Crippen molar-refractivity contribution < 1.29 is 27.4 Å². The molecule has 1 aromatic heterocycles. The topological polar surface area (TPSA) is 106 Å². The lowest BCUT2D eigenvalue weighted by Gasteiger charge is -2.34. The number of benzene rings is 2. The lowest BCUT2D eigenvalue weighted by Crippen LogP contribution is -2.48. The number of nitro groups is 1. The van der Waals surface area contributed by atoms with Crippen molar-refractivity contribution in [1.29, 1.82) is 0 Å². The van der Waals surface area contributed by atoms with E-state index in [9.17, 15) is 28.1 Å². The molecular formula is C22H20F3N5O4. The van der Waals surface area contributed by atoms with Crippen molar-refractivity contribution in [3.8, 4) is 11.4 Å². The van der Waals surface area contributed by atoms with Crippen molar-refractivity contribution in [2.75, 3.05) is 26.2 Å². The first kappa shape index (κ1) is 23.4. The summed E-state index contributed by atoms with van der Waals surface area (Å²) in [6, 6.07) is 9.13. The van der Waals surface area contributed by atoms with Crippen LogP contribution in [-0.4, -0.2) is 56.9 Å². The molecule has 3 aromatic rings. The third kappa shape index (κ3) is 4.91. The number of nitro benzene ring substituents is 1. The summed E-state index contributed by atoms with van der Waals surface area (Å²) in [5, 5.41) is 14.9. The summed E-state index contributed by atoms with van der Waals surface area (Å²) in [6.45, 7) is 3.64. The van der Waals surface area contributed by atoms with Crippen LogP contribution in [0.15, 0.2) is 47.0 Å². The molecule has 0 bridgehead atoms. The van der Waals surface area contributed by atoms with Crippen molar-refractivity contribution in [1.82, 2.24) is 19.9 Å². The molecule has 2 aromatic carbocycles. The molecule has 34 heavy (non-hydrogen) atoms. The van der Waals surface area contributed by atoms with E-state index < -0.39 is 16.7 Å². The minimum atomic E-state index is -4.47. The van der Waals surface area contributed by atoms with Gasteiger partial charge in [0, 0.05) is 48.9 Å². The average molecular weight is 475 g/mol. The lowest BCUT2D eigenvalue weighted by molar-refractivity contribution is -0.385. The highest BCUT2D eigenvalue weighted by Crippen LogP contribution is 2.31. The third-order valence-electron chi connectivity index (χ3n) is 5.67. The molecule has 0 radical (unpaired) electrons. The molecule has 1 saturated heterocycles. The van der Waals surface area contributed by atoms with Crippen molar-refractivity contribution in [3.63, 3.8) is 0 Å². The summed E-state index contributed by atoms with van der Waals surface area (Å²) in [5.74, 6) is 0.0447. The van der Waals surface area contributed by atoms with Crippen molar-refractivity contribution in [2.24, 2.45) is 0 Å². The van der Waals surface area contributed by atoms with E-state index in [0.717, 1.165) is 12.1 Å². The van der Waals surface area contributed by atoms with Gasteiger partial charge in [-0.05, 0) is 25.1 Å². The number of halogens is 3. The zero-order valence-corrected chi connectivity index (χ0v) is 18.1. The zero-order chi connectivity index (χ0) is 24.5. The van der Waals surface area contributed by atoms with Crippen LogP contribution >= 0.6 is 0 Å². The quantitative estimate of drug-likeness (QED) is 0.407. The van der Waals surface area contributed by atoms with E-state index in [1.807, 2.05) is 4.90 Å². The van der Waals surface area contributed by atoms with Gasteiger partial charge in [-0.3, -0.25) is 19.8 Å². The van der Waals surface area contributed by atoms with E-state index >= 15 is 0 Å². The first-order valence-electron chi connectivity index (χ1n) is 10.4. The molecule has 0 unspecified atom stereocenters. The first-order valence-corrected chi connectivity index (χ1v) is 10.4. The molecule has 1 aliphatic rings. The minimum Gasteiger partial charge on any atom is -0.338 e. The number of aromatic nitrogens is 2. The summed E-state index contributed by atoms with van der Waals surface area (Å²) in [5.41, 5.74) is -0.0701. The summed E-state index contributed by atoms with van der Waals surface area (Å²) >= 11 is 0. The Labute approximate surface area is 191 Å². The SMILES string of the molecule is Cc1c(C(=O)N2CCN(Cc3nc(-c4cccc(C(F)(F)F)c4)no3)CC2)cccc1[N+](=O)[O-]. The molecule has 0 aliphatic carbocycles. The Morgan fingerprint density at radius 1 is 1.15 bits per heavy atom. The van der Waals surface area contributed by atoms with Crippen LogP contribution in [0.1, 0.15) is 27.4 Å². The maximum atomic E-state index is 12.9. The number of hydrogen-bond donors (Lipinski definition) is 0. The monoisotopic (exact) mass is 475 g/mol. The van der Waals surface area contributed by atoms with E-state index in [2.05, 4.69) is 10.1 Å². The molecule has 178 valence electrons. The summed E-state index contributed by atoms with van der Waals surface area (Å²) in [7, 11) is 0. The van der Waals surface area contributed by atoms with Crippen molar-refractivity contribution in [2.45, 2.75) is 19.6 Å². The van der Waals surface area contributed by atoms with Gasteiger partial charge in [-0.1, -0.05) is 23.4 Å². The normalized spacial score (nSPS) is 14.9. The zero-order valence-electron chi connectivity index (χ0n) is 18.1. The Balaban J connectivity index is 1.38.